The van der Waals surface area contributed by atoms with Gasteiger partial charge in [0.05, 0.1) is 5.25 Å². The molecule has 1 aromatic rings. The van der Waals surface area contributed by atoms with Gasteiger partial charge in [-0.15, -0.1) is 5.10 Å². The summed E-state index contributed by atoms with van der Waals surface area (Å²) in [5.41, 5.74) is 0.503. The van der Waals surface area contributed by atoms with Crippen molar-refractivity contribution in [3.8, 4) is 0 Å². The molecule has 0 bridgehead atoms. The average Bonchev–Trinajstić information content (AvgIpc) is 3.00. The second kappa shape index (κ2) is 4.97. The molecule has 22 heavy (non-hydrogen) atoms. The van der Waals surface area contributed by atoms with Crippen molar-refractivity contribution in [2.45, 2.75) is 43.4 Å². The number of nitrogens with one attached hydrogen (secondary N) is 1. The van der Waals surface area contributed by atoms with Crippen molar-refractivity contribution in [1.82, 2.24) is 19.2 Å². The Labute approximate surface area is 133 Å². The summed E-state index contributed by atoms with van der Waals surface area (Å²) in [4.78, 5) is 14.1. The molecule has 120 valence electrons. The fraction of sp³-hybridized carbons (Fsp3) is 0.769. The topological polar surface area (TPSA) is 92.3 Å². The summed E-state index contributed by atoms with van der Waals surface area (Å²) in [5.74, 6) is -0.0624. The van der Waals surface area contributed by atoms with E-state index in [1.807, 2.05) is 4.90 Å². The Morgan fingerprint density at radius 3 is 2.82 bits per heavy atom. The molecule has 1 saturated heterocycles. The number of hydrogen-bond donors (Lipinski definition) is 1. The Balaban J connectivity index is 1.33. The highest BCUT2D eigenvalue weighted by molar-refractivity contribution is 7.90. The molecule has 0 atom stereocenters. The first-order valence-corrected chi connectivity index (χ1v) is 9.93. The summed E-state index contributed by atoms with van der Waals surface area (Å²) >= 11 is 1.18. The molecule has 1 N–H and O–H groups in total. The third-order valence-electron chi connectivity index (χ3n) is 4.96. The minimum Gasteiger partial charge on any atom is -0.337 e. The summed E-state index contributed by atoms with van der Waals surface area (Å²) in [7, 11) is -3.11. The van der Waals surface area contributed by atoms with E-state index in [0.29, 0.717) is 12.2 Å². The molecule has 3 fully saturated rings. The Hall–Kier alpha value is -1.06. The van der Waals surface area contributed by atoms with Crippen molar-refractivity contribution in [3.63, 3.8) is 0 Å². The minimum atomic E-state index is -3.11. The predicted molar refractivity (Wildman–Crippen MR) is 81.0 cm³/mol. The maximum atomic E-state index is 12.3. The van der Waals surface area contributed by atoms with Gasteiger partial charge in [-0.25, -0.2) is 13.1 Å². The number of nitrogens with zero attached hydrogens (tertiary/aromatic N) is 3. The van der Waals surface area contributed by atoms with E-state index < -0.39 is 10.0 Å². The summed E-state index contributed by atoms with van der Waals surface area (Å²) in [6.07, 6.45) is 4.18. The zero-order valence-electron chi connectivity index (χ0n) is 12.1. The Morgan fingerprint density at radius 1 is 1.41 bits per heavy atom. The van der Waals surface area contributed by atoms with Crippen molar-refractivity contribution in [2.75, 3.05) is 13.1 Å². The smallest absolute Gasteiger partial charge is 0.275 e. The highest BCUT2D eigenvalue weighted by Crippen LogP contribution is 2.49. The molecule has 1 amide bonds. The fourth-order valence-electron chi connectivity index (χ4n) is 3.64. The van der Waals surface area contributed by atoms with E-state index in [2.05, 4.69) is 14.3 Å². The van der Waals surface area contributed by atoms with Gasteiger partial charge in [-0.05, 0) is 49.1 Å². The van der Waals surface area contributed by atoms with E-state index >= 15 is 0 Å². The summed E-state index contributed by atoms with van der Waals surface area (Å²) < 4.78 is 30.4. The van der Waals surface area contributed by atoms with Crippen LogP contribution in [0, 0.1) is 5.41 Å². The van der Waals surface area contributed by atoms with Crippen LogP contribution in [0.2, 0.25) is 0 Å². The largest absolute Gasteiger partial charge is 0.337 e. The molecule has 2 aliphatic carbocycles. The van der Waals surface area contributed by atoms with Gasteiger partial charge in [-0.1, -0.05) is 4.49 Å². The van der Waals surface area contributed by atoms with Gasteiger partial charge in [0.1, 0.15) is 0 Å². The van der Waals surface area contributed by atoms with Crippen LogP contribution in [0.4, 0.5) is 0 Å². The molecule has 0 aromatic carbocycles. The van der Waals surface area contributed by atoms with Crippen LogP contribution >= 0.6 is 11.5 Å². The van der Waals surface area contributed by atoms with Crippen LogP contribution in [0.1, 0.15) is 42.6 Å². The fourth-order valence-corrected chi connectivity index (χ4v) is 5.65. The lowest BCUT2D eigenvalue weighted by Gasteiger charge is -2.45. The zero-order chi connectivity index (χ0) is 15.4. The van der Waals surface area contributed by atoms with Crippen LogP contribution in [-0.4, -0.2) is 53.2 Å². The second-order valence-electron chi connectivity index (χ2n) is 6.73. The third kappa shape index (κ3) is 2.55. The lowest BCUT2D eigenvalue weighted by molar-refractivity contribution is 0.0683. The second-order valence-corrected chi connectivity index (χ2v) is 9.34. The van der Waals surface area contributed by atoms with Gasteiger partial charge in [-0.3, -0.25) is 4.79 Å². The average molecular weight is 342 g/mol. The molecular weight excluding hydrogens is 324 g/mol. The lowest BCUT2D eigenvalue weighted by atomic mass is 9.65. The van der Waals surface area contributed by atoms with Gasteiger partial charge in [-0.2, -0.15) is 0 Å². The first-order valence-electron chi connectivity index (χ1n) is 7.55. The van der Waals surface area contributed by atoms with Gasteiger partial charge in [0.25, 0.3) is 5.91 Å². The standard InChI is InChI=1S/C13H18N4O3S2/c18-12(11-7-21-16-14-11)17-4-3-13(8-17)5-9(6-13)15-22(19,20)10-1-2-10/h7,9-10,15H,1-6,8H2. The molecule has 1 aliphatic heterocycles. The number of carbonyl (C=O) groups excluding carboxylic acids is 1. The van der Waals surface area contributed by atoms with E-state index in [1.165, 1.54) is 11.5 Å². The third-order valence-corrected chi connectivity index (χ3v) is 7.47. The van der Waals surface area contributed by atoms with Gasteiger partial charge in [0, 0.05) is 24.5 Å². The van der Waals surface area contributed by atoms with Gasteiger partial charge < -0.3 is 4.90 Å². The maximum absolute atomic E-state index is 12.3. The van der Waals surface area contributed by atoms with E-state index in [4.69, 9.17) is 0 Å². The number of rotatable bonds is 4. The van der Waals surface area contributed by atoms with Gasteiger partial charge in [0.15, 0.2) is 5.69 Å². The maximum Gasteiger partial charge on any atom is 0.275 e. The van der Waals surface area contributed by atoms with E-state index in [-0.39, 0.29) is 22.6 Å². The van der Waals surface area contributed by atoms with Crippen molar-refractivity contribution in [2.24, 2.45) is 5.41 Å². The Bertz CT molecular complexity index is 678. The molecule has 2 saturated carbocycles. The lowest BCUT2D eigenvalue weighted by Crippen LogP contribution is -2.52. The monoisotopic (exact) mass is 342 g/mol. The van der Waals surface area contributed by atoms with E-state index in [0.717, 1.165) is 38.6 Å². The molecular formula is C13H18N4O3S2. The number of carbonyl (C=O) groups is 1. The van der Waals surface area contributed by atoms with Gasteiger partial charge in [0.2, 0.25) is 10.0 Å². The molecule has 0 radical (unpaired) electrons. The minimum absolute atomic E-state index is 0.0431. The predicted octanol–water partition coefficient (Wildman–Crippen LogP) is 0.615. The molecule has 2 heterocycles. The SMILES string of the molecule is O=C(c1csnn1)N1CCC2(CC(NS(=O)(=O)C3CC3)C2)C1. The first kappa shape index (κ1) is 14.5. The summed E-state index contributed by atoms with van der Waals surface area (Å²) in [6, 6.07) is 0.0431. The van der Waals surface area contributed by atoms with Gasteiger partial charge >= 0.3 is 0 Å². The molecule has 7 nitrogen and oxygen atoms in total. The normalized spacial score (nSPS) is 31.5. The van der Waals surface area contributed by atoms with E-state index in [1.54, 1.807) is 5.38 Å². The number of aromatic nitrogens is 2. The van der Waals surface area contributed by atoms with Crippen LogP contribution in [0.15, 0.2) is 5.38 Å². The van der Waals surface area contributed by atoms with Crippen LogP contribution in [0.5, 0.6) is 0 Å². The quantitative estimate of drug-likeness (QED) is 0.866. The van der Waals surface area contributed by atoms with Crippen LogP contribution in [-0.2, 0) is 10.0 Å². The molecule has 9 heteroatoms. The highest BCUT2D eigenvalue weighted by atomic mass is 32.2. The molecule has 4 rings (SSSR count). The summed E-state index contributed by atoms with van der Waals surface area (Å²) in [6.45, 7) is 1.42. The van der Waals surface area contributed by atoms with Crippen molar-refractivity contribution < 1.29 is 13.2 Å². The molecule has 1 aromatic heterocycles. The molecule has 0 unspecified atom stereocenters. The Kier molecular flexibility index (Phi) is 3.28. The van der Waals surface area contributed by atoms with Crippen molar-refractivity contribution in [3.05, 3.63) is 11.1 Å². The summed E-state index contributed by atoms with van der Waals surface area (Å²) in [5, 5.41) is 5.33. The van der Waals surface area contributed by atoms with Crippen LogP contribution < -0.4 is 4.72 Å². The molecule has 1 spiro atoms. The number of hydrogen-bond acceptors (Lipinski definition) is 6. The van der Waals surface area contributed by atoms with Crippen LogP contribution in [0.3, 0.4) is 0 Å². The van der Waals surface area contributed by atoms with E-state index in [9.17, 15) is 13.2 Å². The van der Waals surface area contributed by atoms with Crippen molar-refractivity contribution >= 4 is 27.5 Å². The zero-order valence-corrected chi connectivity index (χ0v) is 13.7. The number of likely N-dealkylation sites (tertiary alicyclic amines) is 1. The number of amides is 1. The van der Waals surface area contributed by atoms with Crippen LogP contribution in [0.25, 0.3) is 0 Å². The van der Waals surface area contributed by atoms with Crippen molar-refractivity contribution in [1.29, 1.82) is 0 Å². The Morgan fingerprint density at radius 2 is 2.18 bits per heavy atom. The first-order chi connectivity index (χ1) is 10.5. The number of sulfonamides is 1. The highest BCUT2D eigenvalue weighted by Gasteiger charge is 2.51. The molecule has 3 aliphatic rings.